The zero-order valence-electron chi connectivity index (χ0n) is 10.6. The zero-order valence-corrected chi connectivity index (χ0v) is 10.6. The molecule has 1 atom stereocenters. The maximum absolute atomic E-state index is 12.0. The monoisotopic (exact) mass is 250 g/mol. The van der Waals surface area contributed by atoms with Crippen molar-refractivity contribution in [3.05, 3.63) is 30.1 Å². The minimum atomic E-state index is -0.526. The number of aromatic nitrogens is 1. The lowest BCUT2D eigenvalue weighted by atomic mass is 10.1. The van der Waals surface area contributed by atoms with Crippen molar-refractivity contribution in [2.45, 2.75) is 12.5 Å². The molecular weight excluding hydrogens is 232 g/mol. The second-order valence-corrected chi connectivity index (χ2v) is 4.07. The maximum atomic E-state index is 12.0. The average molecular weight is 250 g/mol. The van der Waals surface area contributed by atoms with E-state index in [-0.39, 0.29) is 12.5 Å². The first-order valence-electron chi connectivity index (χ1n) is 5.64. The summed E-state index contributed by atoms with van der Waals surface area (Å²) in [4.78, 5) is 28.1. The normalized spacial score (nSPS) is 11.9. The van der Waals surface area contributed by atoms with Crippen LogP contribution in [0.3, 0.4) is 0 Å². The summed E-state index contributed by atoms with van der Waals surface area (Å²) in [7, 11) is 3.26. The van der Waals surface area contributed by atoms with Crippen molar-refractivity contribution in [2.24, 2.45) is 5.73 Å². The Bertz CT molecular complexity index is 408. The molecule has 0 aliphatic heterocycles. The third-order valence-electron chi connectivity index (χ3n) is 2.58. The molecule has 1 aromatic heterocycles. The van der Waals surface area contributed by atoms with Crippen LogP contribution in [-0.2, 0) is 16.0 Å². The van der Waals surface area contributed by atoms with Gasteiger partial charge in [0, 0.05) is 19.4 Å². The first-order chi connectivity index (χ1) is 8.54. The predicted octanol–water partition coefficient (Wildman–Crippen LogP) is -0.844. The van der Waals surface area contributed by atoms with Crippen LogP contribution in [0.15, 0.2) is 24.5 Å². The van der Waals surface area contributed by atoms with Gasteiger partial charge in [-0.2, -0.15) is 0 Å². The van der Waals surface area contributed by atoms with Crippen LogP contribution in [0.4, 0.5) is 0 Å². The average Bonchev–Trinajstić information content (AvgIpc) is 2.35. The van der Waals surface area contributed by atoms with Crippen molar-refractivity contribution >= 4 is 11.8 Å². The Morgan fingerprint density at radius 2 is 2.28 bits per heavy atom. The van der Waals surface area contributed by atoms with Gasteiger partial charge in [-0.05, 0) is 25.1 Å². The Kier molecular flexibility index (Phi) is 5.26. The zero-order chi connectivity index (χ0) is 13.5. The lowest BCUT2D eigenvalue weighted by Gasteiger charge is -2.22. The largest absolute Gasteiger partial charge is 0.368 e. The molecule has 0 aromatic carbocycles. The van der Waals surface area contributed by atoms with Crippen LogP contribution in [0.25, 0.3) is 0 Å². The number of nitrogens with one attached hydrogen (secondary N) is 1. The van der Waals surface area contributed by atoms with E-state index in [2.05, 4.69) is 10.3 Å². The fraction of sp³-hybridized carbons (Fsp3) is 0.417. The Morgan fingerprint density at radius 1 is 1.56 bits per heavy atom. The molecule has 2 amide bonds. The molecule has 0 fully saturated rings. The number of carbonyl (C=O) groups is 2. The summed E-state index contributed by atoms with van der Waals surface area (Å²) in [6.07, 6.45) is 3.91. The van der Waals surface area contributed by atoms with Crippen molar-refractivity contribution < 1.29 is 9.59 Å². The third-order valence-corrected chi connectivity index (χ3v) is 2.58. The van der Waals surface area contributed by atoms with Gasteiger partial charge in [-0.1, -0.05) is 6.07 Å². The van der Waals surface area contributed by atoms with E-state index in [9.17, 15) is 9.59 Å². The first-order valence-corrected chi connectivity index (χ1v) is 5.64. The smallest absolute Gasteiger partial charge is 0.240 e. The Labute approximate surface area is 106 Å². The summed E-state index contributed by atoms with van der Waals surface area (Å²) in [5.41, 5.74) is 6.02. The van der Waals surface area contributed by atoms with Gasteiger partial charge in [0.2, 0.25) is 11.8 Å². The molecule has 6 nitrogen and oxygen atoms in total. The van der Waals surface area contributed by atoms with Crippen LogP contribution in [0.5, 0.6) is 0 Å². The number of pyridine rings is 1. The van der Waals surface area contributed by atoms with E-state index in [1.807, 2.05) is 12.1 Å². The van der Waals surface area contributed by atoms with Crippen molar-refractivity contribution in [1.82, 2.24) is 15.2 Å². The van der Waals surface area contributed by atoms with E-state index in [4.69, 9.17) is 5.73 Å². The van der Waals surface area contributed by atoms with Gasteiger partial charge in [0.1, 0.15) is 0 Å². The number of nitrogens with zero attached hydrogens (tertiary/aromatic N) is 2. The van der Waals surface area contributed by atoms with E-state index in [0.29, 0.717) is 6.42 Å². The van der Waals surface area contributed by atoms with Gasteiger partial charge in [0.05, 0.1) is 12.6 Å². The fourth-order valence-electron chi connectivity index (χ4n) is 1.65. The molecule has 0 aliphatic carbocycles. The van der Waals surface area contributed by atoms with E-state index >= 15 is 0 Å². The van der Waals surface area contributed by atoms with Crippen LogP contribution in [0.1, 0.15) is 5.56 Å². The molecule has 6 heteroatoms. The second-order valence-electron chi connectivity index (χ2n) is 4.07. The van der Waals surface area contributed by atoms with Crippen LogP contribution in [0, 0.1) is 0 Å². The number of carbonyl (C=O) groups excluding carboxylic acids is 2. The Morgan fingerprint density at radius 3 is 2.78 bits per heavy atom. The van der Waals surface area contributed by atoms with Crippen molar-refractivity contribution in [1.29, 1.82) is 0 Å². The summed E-state index contributed by atoms with van der Waals surface area (Å²) in [5, 5.41) is 2.93. The summed E-state index contributed by atoms with van der Waals surface area (Å²) in [6, 6.07) is 3.33. The Balaban J connectivity index is 2.66. The van der Waals surface area contributed by atoms with Crippen LogP contribution >= 0.6 is 0 Å². The summed E-state index contributed by atoms with van der Waals surface area (Å²) >= 11 is 0. The number of rotatable bonds is 6. The lowest BCUT2D eigenvalue weighted by molar-refractivity contribution is -0.135. The number of nitrogens with two attached hydrogens (primary N) is 1. The topological polar surface area (TPSA) is 88.3 Å². The number of likely N-dealkylation sites (N-methyl/N-ethyl adjacent to an activating group) is 2. The highest BCUT2D eigenvalue weighted by atomic mass is 16.2. The van der Waals surface area contributed by atoms with E-state index < -0.39 is 11.9 Å². The third kappa shape index (κ3) is 4.14. The molecule has 0 spiro atoms. The quantitative estimate of drug-likeness (QED) is 0.688. The van der Waals surface area contributed by atoms with E-state index in [0.717, 1.165) is 5.56 Å². The second kappa shape index (κ2) is 6.70. The van der Waals surface area contributed by atoms with Crippen LogP contribution in [-0.4, -0.2) is 48.4 Å². The van der Waals surface area contributed by atoms with Gasteiger partial charge in [0.25, 0.3) is 0 Å². The van der Waals surface area contributed by atoms with Gasteiger partial charge in [-0.15, -0.1) is 0 Å². The van der Waals surface area contributed by atoms with Crippen molar-refractivity contribution in [3.63, 3.8) is 0 Å². The fourth-order valence-corrected chi connectivity index (χ4v) is 1.65. The molecule has 0 radical (unpaired) electrons. The molecule has 0 saturated carbocycles. The molecular formula is C12H18N4O2. The molecule has 0 unspecified atom stereocenters. The molecule has 98 valence electrons. The summed E-state index contributed by atoms with van der Waals surface area (Å²) < 4.78 is 0. The SMILES string of the molecule is CN[C@@H](Cc1cccnc1)C(=O)N(C)CC(N)=O. The highest BCUT2D eigenvalue weighted by Gasteiger charge is 2.21. The van der Waals surface area contributed by atoms with E-state index in [1.165, 1.54) is 4.90 Å². The molecule has 0 saturated heterocycles. The van der Waals surface area contributed by atoms with Crippen LogP contribution in [0.2, 0.25) is 0 Å². The number of hydrogen-bond acceptors (Lipinski definition) is 4. The number of hydrogen-bond donors (Lipinski definition) is 2. The van der Waals surface area contributed by atoms with Gasteiger partial charge in [-0.25, -0.2) is 0 Å². The van der Waals surface area contributed by atoms with Gasteiger partial charge < -0.3 is 16.0 Å². The summed E-state index contributed by atoms with van der Waals surface area (Å²) in [5.74, 6) is -0.692. The number of amides is 2. The molecule has 18 heavy (non-hydrogen) atoms. The lowest BCUT2D eigenvalue weighted by Crippen LogP contribution is -2.47. The van der Waals surface area contributed by atoms with Gasteiger partial charge >= 0.3 is 0 Å². The van der Waals surface area contributed by atoms with Crippen molar-refractivity contribution in [2.75, 3.05) is 20.6 Å². The van der Waals surface area contributed by atoms with Gasteiger partial charge in [-0.3, -0.25) is 14.6 Å². The minimum absolute atomic E-state index is 0.0793. The molecule has 1 aromatic rings. The molecule has 3 N–H and O–H groups in total. The van der Waals surface area contributed by atoms with Gasteiger partial charge in [0.15, 0.2) is 0 Å². The predicted molar refractivity (Wildman–Crippen MR) is 67.6 cm³/mol. The number of primary amides is 1. The van der Waals surface area contributed by atoms with Crippen LogP contribution < -0.4 is 11.1 Å². The standard InChI is InChI=1S/C12H18N4O2/c1-14-10(6-9-4-3-5-15-7-9)12(18)16(2)8-11(13)17/h3-5,7,10,14H,6,8H2,1-2H3,(H2,13,17)/t10-/m0/s1. The van der Waals surface area contributed by atoms with Crippen molar-refractivity contribution in [3.8, 4) is 0 Å². The highest BCUT2D eigenvalue weighted by Crippen LogP contribution is 2.03. The van der Waals surface area contributed by atoms with E-state index in [1.54, 1.807) is 26.5 Å². The molecule has 1 rings (SSSR count). The first kappa shape index (κ1) is 14.1. The molecule has 0 bridgehead atoms. The highest BCUT2D eigenvalue weighted by molar-refractivity contribution is 5.86. The summed E-state index contributed by atoms with van der Waals surface area (Å²) in [6.45, 7) is -0.0793. The molecule has 1 heterocycles. The maximum Gasteiger partial charge on any atom is 0.240 e. The Hall–Kier alpha value is -1.95. The minimum Gasteiger partial charge on any atom is -0.368 e. The molecule has 0 aliphatic rings.